The van der Waals surface area contributed by atoms with E-state index in [9.17, 15) is 4.79 Å². The minimum atomic E-state index is -0.842. The summed E-state index contributed by atoms with van der Waals surface area (Å²) in [6.45, 7) is 5.37. The van der Waals surface area contributed by atoms with Gasteiger partial charge in [0.1, 0.15) is 11.8 Å². The zero-order valence-electron chi connectivity index (χ0n) is 9.39. The second-order valence-corrected chi connectivity index (χ2v) is 3.65. The lowest BCUT2D eigenvalue weighted by Crippen LogP contribution is -2.37. The van der Waals surface area contributed by atoms with Gasteiger partial charge in [0.15, 0.2) is 6.39 Å². The van der Waals surface area contributed by atoms with Crippen LogP contribution in [0.5, 0.6) is 0 Å². The highest BCUT2D eigenvalue weighted by molar-refractivity contribution is 5.72. The number of carboxylic acid groups (broad SMARTS) is 1. The lowest BCUT2D eigenvalue weighted by molar-refractivity contribution is -0.142. The largest absolute Gasteiger partial charge is 0.480 e. The highest BCUT2D eigenvalue weighted by Gasteiger charge is 2.25. The van der Waals surface area contributed by atoms with Crippen molar-refractivity contribution >= 4 is 5.97 Å². The normalized spacial score (nSPS) is 15.3. The van der Waals surface area contributed by atoms with E-state index in [1.807, 2.05) is 13.8 Å². The van der Waals surface area contributed by atoms with E-state index in [4.69, 9.17) is 9.52 Å². The fraction of sp³-hybridized carbons (Fsp3) is 0.600. The zero-order valence-corrected chi connectivity index (χ0v) is 9.39. The van der Waals surface area contributed by atoms with E-state index in [0.29, 0.717) is 0 Å². The molecule has 1 rings (SSSR count). The summed E-state index contributed by atoms with van der Waals surface area (Å²) in [5.74, 6) is -0.113. The van der Waals surface area contributed by atoms with Crippen molar-refractivity contribution in [1.29, 1.82) is 0 Å². The third-order valence-electron chi connectivity index (χ3n) is 2.76. The Bertz CT molecular complexity index is 348. The SMILES string of the molecule is Cc1ocnc1C(C)N(C)C(C)C(=O)O. The molecule has 2 unspecified atom stereocenters. The van der Waals surface area contributed by atoms with Gasteiger partial charge in [0, 0.05) is 0 Å². The standard InChI is InChI=1S/C10H16N2O3/c1-6(9-8(3)15-5-11-9)12(4)7(2)10(13)14/h5-7H,1-4H3,(H,13,14). The number of likely N-dealkylation sites (N-methyl/N-ethyl adjacent to an activating group) is 1. The van der Waals surface area contributed by atoms with E-state index < -0.39 is 12.0 Å². The molecule has 5 heteroatoms. The Kier molecular flexibility index (Phi) is 3.47. The molecule has 0 saturated carbocycles. The first-order chi connectivity index (χ1) is 6.95. The average Bonchev–Trinajstić information content (AvgIpc) is 2.60. The van der Waals surface area contributed by atoms with E-state index in [2.05, 4.69) is 4.98 Å². The number of carboxylic acids is 1. The Balaban J connectivity index is 2.81. The van der Waals surface area contributed by atoms with Crippen LogP contribution in [0.1, 0.15) is 31.3 Å². The first-order valence-electron chi connectivity index (χ1n) is 4.80. The van der Waals surface area contributed by atoms with Crippen LogP contribution in [0.3, 0.4) is 0 Å². The first kappa shape index (κ1) is 11.7. The van der Waals surface area contributed by atoms with Gasteiger partial charge >= 0.3 is 5.97 Å². The number of aliphatic carboxylic acids is 1. The molecule has 1 aromatic rings. The minimum absolute atomic E-state index is 0.0742. The fourth-order valence-electron chi connectivity index (χ4n) is 1.42. The molecule has 0 bridgehead atoms. The number of hydrogen-bond acceptors (Lipinski definition) is 4. The molecule has 0 saturated heterocycles. The van der Waals surface area contributed by atoms with Crippen LogP contribution in [0.15, 0.2) is 10.8 Å². The average molecular weight is 212 g/mol. The smallest absolute Gasteiger partial charge is 0.320 e. The number of rotatable bonds is 4. The highest BCUT2D eigenvalue weighted by Crippen LogP contribution is 2.22. The minimum Gasteiger partial charge on any atom is -0.480 e. The van der Waals surface area contributed by atoms with Crippen LogP contribution in [0.2, 0.25) is 0 Å². The summed E-state index contributed by atoms with van der Waals surface area (Å²) in [4.78, 5) is 16.6. The summed E-state index contributed by atoms with van der Waals surface area (Å²) in [5.41, 5.74) is 0.783. The van der Waals surface area contributed by atoms with Crippen LogP contribution < -0.4 is 0 Å². The van der Waals surface area contributed by atoms with Crippen LogP contribution in [0.25, 0.3) is 0 Å². The van der Waals surface area contributed by atoms with Gasteiger partial charge in [-0.25, -0.2) is 4.98 Å². The van der Waals surface area contributed by atoms with Crippen molar-refractivity contribution in [2.75, 3.05) is 7.05 Å². The van der Waals surface area contributed by atoms with Gasteiger partial charge < -0.3 is 9.52 Å². The molecule has 0 aliphatic carbocycles. The predicted molar refractivity (Wildman–Crippen MR) is 54.5 cm³/mol. The van der Waals surface area contributed by atoms with Gasteiger partial charge in [-0.3, -0.25) is 9.69 Å². The van der Waals surface area contributed by atoms with E-state index in [1.165, 1.54) is 6.39 Å². The Morgan fingerprint density at radius 3 is 2.60 bits per heavy atom. The van der Waals surface area contributed by atoms with E-state index in [0.717, 1.165) is 11.5 Å². The maximum Gasteiger partial charge on any atom is 0.320 e. The van der Waals surface area contributed by atoms with Crippen LogP contribution in [0, 0.1) is 6.92 Å². The van der Waals surface area contributed by atoms with Crippen molar-refractivity contribution in [3.8, 4) is 0 Å². The number of carbonyl (C=O) groups is 1. The Morgan fingerprint density at radius 2 is 2.20 bits per heavy atom. The second kappa shape index (κ2) is 4.44. The molecule has 1 heterocycles. The van der Waals surface area contributed by atoms with E-state index in [-0.39, 0.29) is 6.04 Å². The van der Waals surface area contributed by atoms with E-state index >= 15 is 0 Å². The number of aryl methyl sites for hydroxylation is 1. The third kappa shape index (κ3) is 2.36. The molecule has 0 fully saturated rings. The molecule has 1 N–H and O–H groups in total. The molecule has 1 aromatic heterocycles. The van der Waals surface area contributed by atoms with E-state index in [1.54, 1.807) is 18.9 Å². The summed E-state index contributed by atoms with van der Waals surface area (Å²) < 4.78 is 5.09. The Morgan fingerprint density at radius 1 is 1.60 bits per heavy atom. The third-order valence-corrected chi connectivity index (χ3v) is 2.76. The monoisotopic (exact) mass is 212 g/mol. The maximum atomic E-state index is 10.8. The molecule has 0 aromatic carbocycles. The van der Waals surface area contributed by atoms with Gasteiger partial charge in [0.2, 0.25) is 0 Å². The Labute approximate surface area is 88.7 Å². The summed E-state index contributed by atoms with van der Waals surface area (Å²) >= 11 is 0. The van der Waals surface area contributed by atoms with Gasteiger partial charge in [-0.15, -0.1) is 0 Å². The number of nitrogens with zero attached hydrogens (tertiary/aromatic N) is 2. The Hall–Kier alpha value is -1.36. The van der Waals surface area contributed by atoms with Crippen LogP contribution >= 0.6 is 0 Å². The van der Waals surface area contributed by atoms with Gasteiger partial charge in [-0.05, 0) is 27.8 Å². The predicted octanol–water partition coefficient (Wildman–Crippen LogP) is 1.45. The number of oxazole rings is 1. The lowest BCUT2D eigenvalue weighted by Gasteiger charge is -2.26. The molecule has 2 atom stereocenters. The van der Waals surface area contributed by atoms with Crippen molar-refractivity contribution < 1.29 is 14.3 Å². The molecule has 0 spiro atoms. The summed E-state index contributed by atoms with van der Waals surface area (Å²) in [7, 11) is 1.76. The van der Waals surface area contributed by atoms with Crippen molar-refractivity contribution in [2.45, 2.75) is 32.9 Å². The molecule has 0 amide bonds. The topological polar surface area (TPSA) is 66.6 Å². The first-order valence-corrected chi connectivity index (χ1v) is 4.80. The van der Waals surface area contributed by atoms with Gasteiger partial charge in [0.25, 0.3) is 0 Å². The van der Waals surface area contributed by atoms with Crippen molar-refractivity contribution in [3.63, 3.8) is 0 Å². The maximum absolute atomic E-state index is 10.8. The molecule has 0 aliphatic rings. The molecule has 84 valence electrons. The number of hydrogen-bond donors (Lipinski definition) is 1. The van der Waals surface area contributed by atoms with Gasteiger partial charge in [-0.2, -0.15) is 0 Å². The summed E-state index contributed by atoms with van der Waals surface area (Å²) in [5, 5.41) is 8.88. The van der Waals surface area contributed by atoms with Crippen molar-refractivity contribution in [1.82, 2.24) is 9.88 Å². The zero-order chi connectivity index (χ0) is 11.6. The van der Waals surface area contributed by atoms with Crippen LogP contribution in [0.4, 0.5) is 0 Å². The fourth-order valence-corrected chi connectivity index (χ4v) is 1.42. The van der Waals surface area contributed by atoms with Crippen LogP contribution in [-0.2, 0) is 4.79 Å². The summed E-state index contributed by atoms with van der Waals surface area (Å²) in [6.07, 6.45) is 1.38. The quantitative estimate of drug-likeness (QED) is 0.818. The van der Waals surface area contributed by atoms with Gasteiger partial charge in [0.05, 0.1) is 11.7 Å². The highest BCUT2D eigenvalue weighted by atomic mass is 16.4. The molecule has 0 aliphatic heterocycles. The van der Waals surface area contributed by atoms with Crippen molar-refractivity contribution in [2.24, 2.45) is 0 Å². The molecular formula is C10H16N2O3. The number of aromatic nitrogens is 1. The van der Waals surface area contributed by atoms with Gasteiger partial charge in [-0.1, -0.05) is 0 Å². The summed E-state index contributed by atoms with van der Waals surface area (Å²) in [6, 6.07) is -0.619. The second-order valence-electron chi connectivity index (χ2n) is 3.65. The van der Waals surface area contributed by atoms with Crippen LogP contribution in [-0.4, -0.2) is 34.0 Å². The molecule has 5 nitrogen and oxygen atoms in total. The molecular weight excluding hydrogens is 196 g/mol. The molecule has 0 radical (unpaired) electrons. The van der Waals surface area contributed by atoms with Crippen molar-refractivity contribution in [3.05, 3.63) is 17.8 Å². The molecule has 15 heavy (non-hydrogen) atoms. The lowest BCUT2D eigenvalue weighted by atomic mass is 10.1.